The number of anilines is 1. The van der Waals surface area contributed by atoms with Gasteiger partial charge in [0.25, 0.3) is 11.8 Å². The van der Waals surface area contributed by atoms with Gasteiger partial charge in [0.15, 0.2) is 17.2 Å². The summed E-state index contributed by atoms with van der Waals surface area (Å²) in [5.41, 5.74) is 5.55. The van der Waals surface area contributed by atoms with Crippen LogP contribution in [0.3, 0.4) is 0 Å². The molecule has 1 saturated heterocycles. The van der Waals surface area contributed by atoms with Crippen LogP contribution in [-0.2, 0) is 23.8 Å². The molecule has 0 saturated carbocycles. The number of nitrogens with zero attached hydrogens (tertiary/aromatic N) is 3. The van der Waals surface area contributed by atoms with E-state index in [-0.39, 0.29) is 16.5 Å². The molecule has 2 atom stereocenters. The summed E-state index contributed by atoms with van der Waals surface area (Å²) in [4.78, 5) is 55.1. The second kappa shape index (κ2) is 7.45. The second-order valence-electron chi connectivity index (χ2n) is 4.97. The molecule has 2 rings (SSSR count). The van der Waals surface area contributed by atoms with Gasteiger partial charge in [0, 0.05) is 5.38 Å². The number of rotatable bonds is 7. The highest BCUT2D eigenvalue weighted by molar-refractivity contribution is 7.51. The molecule has 12 nitrogen and oxygen atoms in total. The van der Waals surface area contributed by atoms with Crippen molar-refractivity contribution in [3.8, 4) is 0 Å². The van der Waals surface area contributed by atoms with Gasteiger partial charge in [-0.05, 0) is 6.92 Å². The predicted molar refractivity (Wildman–Crippen MR) is 86.3 cm³/mol. The van der Waals surface area contributed by atoms with Gasteiger partial charge < -0.3 is 25.7 Å². The maximum Gasteiger partial charge on any atom is 0.353 e. The van der Waals surface area contributed by atoms with Crippen LogP contribution in [0.1, 0.15) is 12.6 Å². The fraction of sp³-hybridized carbons (Fsp3) is 0.455. The minimum atomic E-state index is -4.42. The van der Waals surface area contributed by atoms with Gasteiger partial charge in [-0.2, -0.15) is 0 Å². The standard InChI is InChI=1S/C11H16N5O7PS/c1-5-7(10(18)16(5)23-4-24(19,20)21)14-9(17)8(15-22-2)6-3-25-11(12)13-6/h3,5,7H,4H2,1-2H3,(H2,12,13)(H,14,17)(H2,19,20,21)/b15-8-/t5-,7-/m0/s1. The van der Waals surface area contributed by atoms with Crippen LogP contribution >= 0.6 is 18.9 Å². The Balaban J connectivity index is 2.01. The van der Waals surface area contributed by atoms with Crippen molar-refractivity contribution in [2.45, 2.75) is 19.0 Å². The molecule has 0 aromatic carbocycles. The number of amides is 2. The molecule has 0 radical (unpaired) electrons. The SMILES string of the molecule is CO/N=C(\C(=O)N[C@@H]1C(=O)N(OCP(=O)(O)O)[C@H]1C)c1csc(N)n1. The van der Waals surface area contributed by atoms with Crippen molar-refractivity contribution >= 4 is 41.6 Å². The number of oxime groups is 1. The normalized spacial score (nSPS) is 21.0. The zero-order valence-electron chi connectivity index (χ0n) is 13.1. The zero-order valence-corrected chi connectivity index (χ0v) is 14.9. The van der Waals surface area contributed by atoms with E-state index in [4.69, 9.17) is 20.4 Å². The molecular formula is C11H16N5O7PS. The molecule has 0 bridgehead atoms. The predicted octanol–water partition coefficient (Wildman–Crippen LogP) is -1.14. The lowest BCUT2D eigenvalue weighted by Crippen LogP contribution is -2.69. The molecule has 1 aliphatic heterocycles. The number of thiazole rings is 1. The Bertz CT molecular complexity index is 747. The highest BCUT2D eigenvalue weighted by atomic mass is 32.1. The third-order valence-electron chi connectivity index (χ3n) is 3.15. The topological polar surface area (TPSA) is 177 Å². The van der Waals surface area contributed by atoms with Crippen molar-refractivity contribution in [3.63, 3.8) is 0 Å². The first kappa shape index (κ1) is 19.3. The molecule has 14 heteroatoms. The van der Waals surface area contributed by atoms with Gasteiger partial charge in [0.05, 0.1) is 6.04 Å². The summed E-state index contributed by atoms with van der Waals surface area (Å²) in [7, 11) is -3.17. The Hall–Kier alpha value is -2.05. The number of nitrogens with one attached hydrogen (secondary N) is 1. The summed E-state index contributed by atoms with van der Waals surface area (Å²) in [6.45, 7) is 1.54. The second-order valence-corrected chi connectivity index (χ2v) is 7.45. The summed E-state index contributed by atoms with van der Waals surface area (Å²) in [6, 6.07) is -1.57. The Labute approximate surface area is 145 Å². The lowest BCUT2D eigenvalue weighted by molar-refractivity contribution is -0.225. The van der Waals surface area contributed by atoms with Gasteiger partial charge >= 0.3 is 7.60 Å². The van der Waals surface area contributed by atoms with Gasteiger partial charge in [0.1, 0.15) is 18.8 Å². The van der Waals surface area contributed by atoms with Crippen LogP contribution < -0.4 is 11.1 Å². The Morgan fingerprint density at radius 2 is 2.28 bits per heavy atom. The van der Waals surface area contributed by atoms with E-state index in [2.05, 4.69) is 20.3 Å². The van der Waals surface area contributed by atoms with Crippen molar-refractivity contribution in [3.05, 3.63) is 11.1 Å². The average molecular weight is 393 g/mol. The van der Waals surface area contributed by atoms with Gasteiger partial charge in [-0.1, -0.05) is 5.16 Å². The molecule has 0 unspecified atom stereocenters. The number of nitrogen functional groups attached to an aromatic ring is 1. The van der Waals surface area contributed by atoms with Crippen LogP contribution in [0.5, 0.6) is 0 Å². The van der Waals surface area contributed by atoms with Gasteiger partial charge in [-0.3, -0.25) is 19.0 Å². The van der Waals surface area contributed by atoms with E-state index < -0.39 is 37.8 Å². The maximum absolute atomic E-state index is 12.3. The molecule has 138 valence electrons. The fourth-order valence-electron chi connectivity index (χ4n) is 2.00. The first-order valence-electron chi connectivity index (χ1n) is 6.78. The van der Waals surface area contributed by atoms with E-state index in [0.717, 1.165) is 16.4 Å². The number of hydroxylamine groups is 2. The first-order chi connectivity index (χ1) is 11.6. The highest BCUT2D eigenvalue weighted by Gasteiger charge is 2.47. The Kier molecular flexibility index (Phi) is 5.75. The quantitative estimate of drug-likeness (QED) is 0.193. The van der Waals surface area contributed by atoms with E-state index in [1.54, 1.807) is 6.92 Å². The first-order valence-corrected chi connectivity index (χ1v) is 9.45. The summed E-state index contributed by atoms with van der Waals surface area (Å²) < 4.78 is 10.8. The van der Waals surface area contributed by atoms with Crippen LogP contribution in [0.25, 0.3) is 0 Å². The zero-order chi connectivity index (χ0) is 18.8. The van der Waals surface area contributed by atoms with E-state index in [1.807, 2.05) is 0 Å². The molecule has 1 aromatic rings. The number of carbonyl (C=O) groups excluding carboxylic acids is 2. The summed E-state index contributed by atoms with van der Waals surface area (Å²) in [5, 5.41) is 8.57. The molecule has 1 fully saturated rings. The highest BCUT2D eigenvalue weighted by Crippen LogP contribution is 2.35. The van der Waals surface area contributed by atoms with Crippen LogP contribution in [0, 0.1) is 0 Å². The van der Waals surface area contributed by atoms with Crippen molar-refractivity contribution < 1.29 is 33.6 Å². The number of nitrogens with two attached hydrogens (primary N) is 1. The minimum absolute atomic E-state index is 0.162. The molecule has 0 aliphatic carbocycles. The minimum Gasteiger partial charge on any atom is -0.398 e. The van der Waals surface area contributed by atoms with Gasteiger partial charge in [-0.25, -0.2) is 10.0 Å². The van der Waals surface area contributed by atoms with Crippen molar-refractivity contribution in [2.75, 3.05) is 19.2 Å². The molecule has 1 aromatic heterocycles. The van der Waals surface area contributed by atoms with E-state index in [9.17, 15) is 14.2 Å². The van der Waals surface area contributed by atoms with Crippen LogP contribution in [-0.4, -0.2) is 62.9 Å². The van der Waals surface area contributed by atoms with Crippen LogP contribution in [0.4, 0.5) is 5.13 Å². The lowest BCUT2D eigenvalue weighted by atomic mass is 10.00. The molecule has 25 heavy (non-hydrogen) atoms. The summed E-state index contributed by atoms with van der Waals surface area (Å²) >= 11 is 1.11. The smallest absolute Gasteiger partial charge is 0.353 e. The largest absolute Gasteiger partial charge is 0.398 e. The third-order valence-corrected chi connectivity index (χ3v) is 4.28. The number of carbonyl (C=O) groups is 2. The molecule has 2 amide bonds. The Morgan fingerprint density at radius 1 is 1.60 bits per heavy atom. The van der Waals surface area contributed by atoms with Crippen molar-refractivity contribution in [1.82, 2.24) is 15.4 Å². The molecular weight excluding hydrogens is 377 g/mol. The number of hydrogen-bond acceptors (Lipinski definition) is 9. The Morgan fingerprint density at radius 3 is 2.76 bits per heavy atom. The maximum atomic E-state index is 12.3. The number of aromatic nitrogens is 1. The van der Waals surface area contributed by atoms with Gasteiger partial charge in [-0.15, -0.1) is 11.3 Å². The molecule has 0 spiro atoms. The lowest BCUT2D eigenvalue weighted by Gasteiger charge is -2.43. The van der Waals surface area contributed by atoms with E-state index >= 15 is 0 Å². The van der Waals surface area contributed by atoms with Crippen LogP contribution in [0.15, 0.2) is 10.5 Å². The van der Waals surface area contributed by atoms with E-state index in [0.29, 0.717) is 0 Å². The van der Waals surface area contributed by atoms with Gasteiger partial charge in [0.2, 0.25) is 0 Å². The van der Waals surface area contributed by atoms with Crippen molar-refractivity contribution in [2.24, 2.45) is 5.16 Å². The summed E-state index contributed by atoms with van der Waals surface area (Å²) in [5.74, 6) is -1.36. The number of hydrogen-bond donors (Lipinski definition) is 4. The summed E-state index contributed by atoms with van der Waals surface area (Å²) in [6.07, 6.45) is -0.932. The third kappa shape index (κ3) is 4.52. The molecule has 2 heterocycles. The molecule has 5 N–H and O–H groups in total. The van der Waals surface area contributed by atoms with E-state index in [1.165, 1.54) is 12.5 Å². The average Bonchev–Trinajstić information content (AvgIpc) is 2.95. The monoisotopic (exact) mass is 393 g/mol. The molecule has 1 aliphatic rings. The van der Waals surface area contributed by atoms with Crippen molar-refractivity contribution in [1.29, 1.82) is 0 Å². The number of β-lactam (4-membered cyclic amide) rings is 1. The fourth-order valence-corrected chi connectivity index (χ4v) is 2.82. The van der Waals surface area contributed by atoms with Crippen LogP contribution in [0.2, 0.25) is 0 Å².